The Bertz CT molecular complexity index is 975. The predicted octanol–water partition coefficient (Wildman–Crippen LogP) is 8.32. The Balaban J connectivity index is 0.00000179. The summed E-state index contributed by atoms with van der Waals surface area (Å²) in [7, 11) is 1.53. The van der Waals surface area contributed by atoms with Gasteiger partial charge in [-0.05, 0) is 34.8 Å². The maximum atomic E-state index is 13.8. The quantitative estimate of drug-likeness (QED) is 0.285. The van der Waals surface area contributed by atoms with Gasteiger partial charge in [-0.1, -0.05) is 115 Å². The molecule has 0 saturated carbocycles. The summed E-state index contributed by atoms with van der Waals surface area (Å²) in [6, 6.07) is 22.9. The number of rotatable bonds is 6. The summed E-state index contributed by atoms with van der Waals surface area (Å²) in [5.41, 5.74) is 3.46. The van der Waals surface area contributed by atoms with Crippen molar-refractivity contribution in [3.8, 4) is 0 Å². The van der Waals surface area contributed by atoms with Crippen LogP contribution >= 0.6 is 0 Å². The Morgan fingerprint density at radius 1 is 0.914 bits per heavy atom. The number of nitrogens with zero attached hydrogens (tertiary/aromatic N) is 2. The number of benzene rings is 2. The molecule has 35 heavy (non-hydrogen) atoms. The van der Waals surface area contributed by atoms with Crippen LogP contribution in [0.4, 0.5) is 14.9 Å². The number of carbonyl (C=O) groups is 1. The minimum atomic E-state index is -0.674. The topological polar surface area (TPSA) is 45.2 Å². The Hall–Kier alpha value is -3.47. The second-order valence-corrected chi connectivity index (χ2v) is 6.84. The number of pyridine rings is 1. The number of nitrogens with one attached hydrogen (secondary N) is 1. The number of hydrogen-bond donors (Lipinski definition) is 1. The standard InChI is InChI=1S/C24H24FN3O.3C2H6/c1-18(17-27-24(29)28(2)22-14-9-15-26-23(22)25)21(20-12-7-4-8-13-20)16-19-10-5-3-6-11-19;3*1-2/h3-16,18H,17H2,1-2H3,(H,27,29);3*1-2H3. The molecule has 0 saturated heterocycles. The Labute approximate surface area is 211 Å². The zero-order chi connectivity index (χ0) is 26.6. The summed E-state index contributed by atoms with van der Waals surface area (Å²) >= 11 is 0. The van der Waals surface area contributed by atoms with Gasteiger partial charge >= 0.3 is 6.03 Å². The third-order valence-electron chi connectivity index (χ3n) is 4.72. The van der Waals surface area contributed by atoms with Crippen LogP contribution in [0.15, 0.2) is 79.0 Å². The molecule has 0 radical (unpaired) electrons. The molecular formula is C30H42FN3O. The van der Waals surface area contributed by atoms with Crippen LogP contribution < -0.4 is 10.2 Å². The van der Waals surface area contributed by atoms with Gasteiger partial charge in [0.1, 0.15) is 5.69 Å². The highest BCUT2D eigenvalue weighted by Gasteiger charge is 2.17. The van der Waals surface area contributed by atoms with Crippen molar-refractivity contribution in [1.82, 2.24) is 10.3 Å². The van der Waals surface area contributed by atoms with Crippen molar-refractivity contribution in [3.63, 3.8) is 0 Å². The number of urea groups is 1. The van der Waals surface area contributed by atoms with Crippen LogP contribution in [-0.4, -0.2) is 24.6 Å². The minimum absolute atomic E-state index is 0.0497. The van der Waals surface area contributed by atoms with Gasteiger partial charge in [-0.2, -0.15) is 4.39 Å². The fourth-order valence-corrected chi connectivity index (χ4v) is 3.08. The molecule has 1 N–H and O–H groups in total. The highest BCUT2D eigenvalue weighted by atomic mass is 19.1. The molecule has 3 rings (SSSR count). The summed E-state index contributed by atoms with van der Waals surface area (Å²) < 4.78 is 13.8. The fraction of sp³-hybridized carbons (Fsp3) is 0.333. The van der Waals surface area contributed by atoms with E-state index in [0.717, 1.165) is 16.7 Å². The first-order valence-corrected chi connectivity index (χ1v) is 12.5. The second-order valence-electron chi connectivity index (χ2n) is 6.84. The highest BCUT2D eigenvalue weighted by Crippen LogP contribution is 2.26. The normalized spacial score (nSPS) is 10.7. The molecule has 2 amide bonds. The van der Waals surface area contributed by atoms with Crippen LogP contribution in [0.3, 0.4) is 0 Å². The molecule has 3 aromatic rings. The van der Waals surface area contributed by atoms with Crippen LogP contribution in [0.5, 0.6) is 0 Å². The van der Waals surface area contributed by atoms with Gasteiger partial charge < -0.3 is 5.32 Å². The van der Waals surface area contributed by atoms with E-state index in [2.05, 4.69) is 35.4 Å². The van der Waals surface area contributed by atoms with Crippen LogP contribution in [0, 0.1) is 11.9 Å². The van der Waals surface area contributed by atoms with Gasteiger partial charge in [0.15, 0.2) is 0 Å². The monoisotopic (exact) mass is 479 g/mol. The number of hydrogen-bond acceptors (Lipinski definition) is 2. The fourth-order valence-electron chi connectivity index (χ4n) is 3.08. The van der Waals surface area contributed by atoms with E-state index in [0.29, 0.717) is 6.54 Å². The zero-order valence-corrected chi connectivity index (χ0v) is 22.5. The molecule has 0 fully saturated rings. The molecule has 2 aromatic carbocycles. The first kappa shape index (κ1) is 31.5. The molecule has 0 aliphatic rings. The zero-order valence-electron chi connectivity index (χ0n) is 22.5. The van der Waals surface area contributed by atoms with Crippen LogP contribution in [0.25, 0.3) is 11.6 Å². The molecule has 1 heterocycles. The Morgan fingerprint density at radius 2 is 1.46 bits per heavy atom. The number of carbonyl (C=O) groups excluding carboxylic acids is 1. The van der Waals surface area contributed by atoms with E-state index in [1.54, 1.807) is 6.07 Å². The molecule has 1 aromatic heterocycles. The SMILES string of the molecule is CC.CC.CC.CC(CNC(=O)N(C)c1cccnc1F)C(=Cc1ccccc1)c1ccccc1. The maximum Gasteiger partial charge on any atom is 0.321 e. The molecular weight excluding hydrogens is 437 g/mol. The molecule has 0 bridgehead atoms. The summed E-state index contributed by atoms with van der Waals surface area (Å²) in [6.07, 6.45) is 3.49. The molecule has 5 heteroatoms. The van der Waals surface area contributed by atoms with E-state index in [9.17, 15) is 9.18 Å². The van der Waals surface area contributed by atoms with E-state index in [1.807, 2.05) is 90.1 Å². The first-order chi connectivity index (χ1) is 17.1. The molecule has 4 nitrogen and oxygen atoms in total. The Kier molecular flexibility index (Phi) is 17.0. The largest absolute Gasteiger partial charge is 0.337 e. The first-order valence-electron chi connectivity index (χ1n) is 12.5. The molecule has 190 valence electrons. The molecule has 1 atom stereocenters. The van der Waals surface area contributed by atoms with E-state index in [1.165, 1.54) is 24.2 Å². The van der Waals surface area contributed by atoms with Crippen LogP contribution in [-0.2, 0) is 0 Å². The molecule has 0 spiro atoms. The molecule has 1 unspecified atom stereocenters. The van der Waals surface area contributed by atoms with Gasteiger partial charge in [-0.3, -0.25) is 4.90 Å². The smallest absolute Gasteiger partial charge is 0.321 e. The van der Waals surface area contributed by atoms with Gasteiger partial charge in [0.2, 0.25) is 5.95 Å². The van der Waals surface area contributed by atoms with Crippen molar-refractivity contribution in [2.45, 2.75) is 48.5 Å². The van der Waals surface area contributed by atoms with Gasteiger partial charge in [-0.25, -0.2) is 9.78 Å². The van der Waals surface area contributed by atoms with E-state index < -0.39 is 5.95 Å². The van der Waals surface area contributed by atoms with E-state index in [-0.39, 0.29) is 17.6 Å². The summed E-state index contributed by atoms with van der Waals surface area (Å²) in [5, 5.41) is 2.90. The molecule has 0 aliphatic heterocycles. The van der Waals surface area contributed by atoms with E-state index >= 15 is 0 Å². The number of anilines is 1. The third kappa shape index (κ3) is 10.6. The lowest BCUT2D eigenvalue weighted by molar-refractivity contribution is 0.246. The minimum Gasteiger partial charge on any atom is -0.337 e. The lowest BCUT2D eigenvalue weighted by Crippen LogP contribution is -2.40. The van der Waals surface area contributed by atoms with Crippen molar-refractivity contribution in [2.75, 3.05) is 18.5 Å². The van der Waals surface area contributed by atoms with Crippen LogP contribution in [0.2, 0.25) is 0 Å². The average molecular weight is 480 g/mol. The van der Waals surface area contributed by atoms with Crippen LogP contribution in [0.1, 0.15) is 59.6 Å². The third-order valence-corrected chi connectivity index (χ3v) is 4.72. The van der Waals surface area contributed by atoms with Crippen molar-refractivity contribution >= 4 is 23.4 Å². The second kappa shape index (κ2) is 18.9. The predicted molar refractivity (Wildman–Crippen MR) is 150 cm³/mol. The lowest BCUT2D eigenvalue weighted by atomic mass is 9.92. The number of amides is 2. The van der Waals surface area contributed by atoms with Gasteiger partial charge in [0.25, 0.3) is 0 Å². The highest BCUT2D eigenvalue weighted by molar-refractivity contribution is 5.91. The van der Waals surface area contributed by atoms with Gasteiger partial charge in [0, 0.05) is 19.8 Å². The summed E-state index contributed by atoms with van der Waals surface area (Å²) in [4.78, 5) is 17.3. The van der Waals surface area contributed by atoms with Gasteiger partial charge in [-0.15, -0.1) is 0 Å². The maximum absolute atomic E-state index is 13.8. The Morgan fingerprint density at radius 3 is 2.00 bits per heavy atom. The van der Waals surface area contributed by atoms with E-state index in [4.69, 9.17) is 0 Å². The summed E-state index contributed by atoms with van der Waals surface area (Å²) in [6.45, 7) is 14.5. The van der Waals surface area contributed by atoms with Crippen molar-refractivity contribution in [2.24, 2.45) is 5.92 Å². The molecule has 0 aliphatic carbocycles. The van der Waals surface area contributed by atoms with Crippen molar-refractivity contribution in [1.29, 1.82) is 0 Å². The van der Waals surface area contributed by atoms with Crippen molar-refractivity contribution in [3.05, 3.63) is 96.1 Å². The average Bonchev–Trinajstić information content (AvgIpc) is 2.94. The van der Waals surface area contributed by atoms with Crippen molar-refractivity contribution < 1.29 is 9.18 Å². The lowest BCUT2D eigenvalue weighted by Gasteiger charge is -2.21. The number of aromatic nitrogens is 1. The number of halogens is 1. The van der Waals surface area contributed by atoms with Gasteiger partial charge in [0.05, 0.1) is 0 Å². The summed E-state index contributed by atoms with van der Waals surface area (Å²) in [5.74, 6) is -0.624.